The lowest BCUT2D eigenvalue weighted by Crippen LogP contribution is -2.55. The standard InChI is InChI=1S/C15H30N2O2/c1-11-8-7-9-12(2)17(11)14(18)13(3)16(6)10-15(4,5)19/h11-13,19H,7-10H2,1-6H3. The van der Waals surface area contributed by atoms with Crippen molar-refractivity contribution in [1.82, 2.24) is 9.80 Å². The summed E-state index contributed by atoms with van der Waals surface area (Å²) in [7, 11) is 1.90. The zero-order chi connectivity index (χ0) is 14.8. The van der Waals surface area contributed by atoms with Gasteiger partial charge in [-0.15, -0.1) is 0 Å². The molecule has 0 aromatic rings. The molecular formula is C15H30N2O2. The Morgan fingerprint density at radius 3 is 2.26 bits per heavy atom. The van der Waals surface area contributed by atoms with E-state index in [1.807, 2.05) is 23.8 Å². The molecule has 0 bridgehead atoms. The average molecular weight is 270 g/mol. The number of carbonyl (C=O) groups excluding carboxylic acids is 1. The lowest BCUT2D eigenvalue weighted by atomic mass is 9.96. The number of hydrogen-bond acceptors (Lipinski definition) is 3. The van der Waals surface area contributed by atoms with Gasteiger partial charge in [0, 0.05) is 18.6 Å². The Morgan fingerprint density at radius 1 is 1.37 bits per heavy atom. The fraction of sp³-hybridized carbons (Fsp3) is 0.933. The molecular weight excluding hydrogens is 240 g/mol. The fourth-order valence-corrected chi connectivity index (χ4v) is 3.01. The van der Waals surface area contributed by atoms with Crippen molar-refractivity contribution in [3.8, 4) is 0 Å². The Labute approximate surface area is 117 Å². The molecule has 0 spiro atoms. The van der Waals surface area contributed by atoms with Crippen LogP contribution in [0, 0.1) is 0 Å². The van der Waals surface area contributed by atoms with Gasteiger partial charge in [-0.3, -0.25) is 9.69 Å². The molecule has 1 fully saturated rings. The van der Waals surface area contributed by atoms with Gasteiger partial charge in [-0.2, -0.15) is 0 Å². The predicted octanol–water partition coefficient (Wildman–Crippen LogP) is 1.87. The summed E-state index contributed by atoms with van der Waals surface area (Å²) >= 11 is 0. The van der Waals surface area contributed by atoms with E-state index in [4.69, 9.17) is 0 Å². The summed E-state index contributed by atoms with van der Waals surface area (Å²) in [6.07, 6.45) is 3.40. The second kappa shape index (κ2) is 6.23. The highest BCUT2D eigenvalue weighted by atomic mass is 16.3. The first-order valence-electron chi connectivity index (χ1n) is 7.38. The SMILES string of the molecule is CC(C(=O)N1C(C)CCCC1C)N(C)CC(C)(C)O. The van der Waals surface area contributed by atoms with Gasteiger partial charge < -0.3 is 10.0 Å². The molecule has 0 aromatic heterocycles. The summed E-state index contributed by atoms with van der Waals surface area (Å²) in [6.45, 7) is 10.2. The molecule has 1 heterocycles. The molecule has 1 aliphatic heterocycles. The van der Waals surface area contributed by atoms with Crippen LogP contribution >= 0.6 is 0 Å². The maximum atomic E-state index is 12.6. The van der Waals surface area contributed by atoms with Crippen molar-refractivity contribution in [1.29, 1.82) is 0 Å². The normalized spacial score (nSPS) is 26.6. The number of hydrogen-bond donors (Lipinski definition) is 1. The molecule has 4 nitrogen and oxygen atoms in total. The zero-order valence-corrected chi connectivity index (χ0v) is 13.3. The molecule has 1 rings (SSSR count). The maximum absolute atomic E-state index is 12.6. The van der Waals surface area contributed by atoms with Crippen molar-refractivity contribution >= 4 is 5.91 Å². The van der Waals surface area contributed by atoms with Gasteiger partial charge in [0.05, 0.1) is 11.6 Å². The van der Waals surface area contributed by atoms with Crippen LogP contribution in [-0.2, 0) is 4.79 Å². The summed E-state index contributed by atoms with van der Waals surface area (Å²) in [5, 5.41) is 9.87. The van der Waals surface area contributed by atoms with Crippen molar-refractivity contribution in [3.05, 3.63) is 0 Å². The third-order valence-corrected chi connectivity index (χ3v) is 4.10. The van der Waals surface area contributed by atoms with E-state index in [2.05, 4.69) is 13.8 Å². The Balaban J connectivity index is 2.70. The molecule has 4 heteroatoms. The number of likely N-dealkylation sites (tertiary alicyclic amines) is 1. The summed E-state index contributed by atoms with van der Waals surface area (Å²) in [5.74, 6) is 0.187. The van der Waals surface area contributed by atoms with Crippen LogP contribution in [0.25, 0.3) is 0 Å². The van der Waals surface area contributed by atoms with Crippen molar-refractivity contribution in [3.63, 3.8) is 0 Å². The highest BCUT2D eigenvalue weighted by molar-refractivity contribution is 5.82. The summed E-state index contributed by atoms with van der Waals surface area (Å²) in [4.78, 5) is 16.6. The highest BCUT2D eigenvalue weighted by Crippen LogP contribution is 2.24. The van der Waals surface area contributed by atoms with Gasteiger partial charge in [0.1, 0.15) is 0 Å². The van der Waals surface area contributed by atoms with Gasteiger partial charge in [0.2, 0.25) is 5.91 Å². The molecule has 1 saturated heterocycles. The van der Waals surface area contributed by atoms with E-state index in [1.54, 1.807) is 13.8 Å². The Morgan fingerprint density at radius 2 is 1.84 bits per heavy atom. The van der Waals surface area contributed by atoms with Crippen LogP contribution in [0.3, 0.4) is 0 Å². The van der Waals surface area contributed by atoms with Crippen molar-refractivity contribution in [2.45, 2.75) is 77.6 Å². The molecule has 3 unspecified atom stereocenters. The smallest absolute Gasteiger partial charge is 0.240 e. The number of likely N-dealkylation sites (N-methyl/N-ethyl adjacent to an activating group) is 1. The van der Waals surface area contributed by atoms with Crippen LogP contribution in [0.4, 0.5) is 0 Å². The van der Waals surface area contributed by atoms with Crippen LogP contribution < -0.4 is 0 Å². The third-order valence-electron chi connectivity index (χ3n) is 4.10. The Hall–Kier alpha value is -0.610. The van der Waals surface area contributed by atoms with E-state index >= 15 is 0 Å². The minimum Gasteiger partial charge on any atom is -0.389 e. The quantitative estimate of drug-likeness (QED) is 0.848. The average Bonchev–Trinajstić information content (AvgIpc) is 2.25. The first-order chi connectivity index (χ1) is 8.63. The molecule has 112 valence electrons. The van der Waals surface area contributed by atoms with E-state index in [9.17, 15) is 9.90 Å². The highest BCUT2D eigenvalue weighted by Gasteiger charge is 2.33. The van der Waals surface area contributed by atoms with E-state index < -0.39 is 5.60 Å². The van der Waals surface area contributed by atoms with Gasteiger partial charge in [0.25, 0.3) is 0 Å². The molecule has 0 aromatic carbocycles. The molecule has 3 atom stereocenters. The first-order valence-corrected chi connectivity index (χ1v) is 7.38. The van der Waals surface area contributed by atoms with Gasteiger partial charge in [0.15, 0.2) is 0 Å². The minimum atomic E-state index is -0.775. The summed E-state index contributed by atoms with van der Waals surface area (Å²) in [5.41, 5.74) is -0.775. The fourth-order valence-electron chi connectivity index (χ4n) is 3.01. The zero-order valence-electron chi connectivity index (χ0n) is 13.3. The van der Waals surface area contributed by atoms with Crippen molar-refractivity contribution in [2.24, 2.45) is 0 Å². The second-order valence-corrected chi connectivity index (χ2v) is 6.78. The predicted molar refractivity (Wildman–Crippen MR) is 78.0 cm³/mol. The van der Waals surface area contributed by atoms with Gasteiger partial charge in [-0.05, 0) is 60.9 Å². The third kappa shape index (κ3) is 4.46. The van der Waals surface area contributed by atoms with Gasteiger partial charge in [-0.1, -0.05) is 0 Å². The number of carbonyl (C=O) groups is 1. The van der Waals surface area contributed by atoms with Crippen molar-refractivity contribution in [2.75, 3.05) is 13.6 Å². The van der Waals surface area contributed by atoms with Crippen molar-refractivity contribution < 1.29 is 9.90 Å². The topological polar surface area (TPSA) is 43.8 Å². The lowest BCUT2D eigenvalue weighted by molar-refractivity contribution is -0.143. The monoisotopic (exact) mass is 270 g/mol. The van der Waals surface area contributed by atoms with E-state index in [0.29, 0.717) is 18.6 Å². The van der Waals surface area contributed by atoms with Crippen LogP contribution in [-0.4, -0.2) is 58.1 Å². The first kappa shape index (κ1) is 16.4. The van der Waals surface area contributed by atoms with E-state index in [-0.39, 0.29) is 11.9 Å². The molecule has 1 aliphatic rings. The van der Waals surface area contributed by atoms with Gasteiger partial charge >= 0.3 is 0 Å². The number of piperidine rings is 1. The molecule has 0 radical (unpaired) electrons. The maximum Gasteiger partial charge on any atom is 0.240 e. The van der Waals surface area contributed by atoms with Crippen LogP contribution in [0.1, 0.15) is 53.9 Å². The van der Waals surface area contributed by atoms with Gasteiger partial charge in [-0.25, -0.2) is 0 Å². The number of rotatable bonds is 4. The molecule has 0 saturated carbocycles. The summed E-state index contributed by atoms with van der Waals surface area (Å²) in [6, 6.07) is 0.470. The van der Waals surface area contributed by atoms with E-state index in [1.165, 1.54) is 6.42 Å². The van der Waals surface area contributed by atoms with Crippen LogP contribution in [0.15, 0.2) is 0 Å². The molecule has 1 N–H and O–H groups in total. The Kier molecular flexibility index (Phi) is 5.39. The second-order valence-electron chi connectivity index (χ2n) is 6.78. The number of aliphatic hydroxyl groups is 1. The number of amides is 1. The minimum absolute atomic E-state index is 0.186. The molecule has 1 amide bonds. The molecule has 0 aliphatic carbocycles. The lowest BCUT2D eigenvalue weighted by Gasteiger charge is -2.42. The largest absolute Gasteiger partial charge is 0.389 e. The van der Waals surface area contributed by atoms with Crippen LogP contribution in [0.5, 0.6) is 0 Å². The van der Waals surface area contributed by atoms with Crippen LogP contribution in [0.2, 0.25) is 0 Å². The number of nitrogens with zero attached hydrogens (tertiary/aromatic N) is 2. The Bertz CT molecular complexity index is 302. The summed E-state index contributed by atoms with van der Waals surface area (Å²) < 4.78 is 0. The molecule has 19 heavy (non-hydrogen) atoms. The van der Waals surface area contributed by atoms with E-state index in [0.717, 1.165) is 12.8 Å².